The van der Waals surface area contributed by atoms with Crippen molar-refractivity contribution in [2.45, 2.75) is 66.7 Å². The van der Waals surface area contributed by atoms with Crippen LogP contribution in [0.1, 0.15) is 65.5 Å². The summed E-state index contributed by atoms with van der Waals surface area (Å²) in [5, 5.41) is 0. The van der Waals surface area contributed by atoms with E-state index in [4.69, 9.17) is 0 Å². The molecule has 0 radical (unpaired) electrons. The molecule has 0 atom stereocenters. The maximum absolute atomic E-state index is 2.43. The zero-order valence-electron chi connectivity index (χ0n) is 18.6. The molecule has 0 saturated carbocycles. The van der Waals surface area contributed by atoms with Gasteiger partial charge in [-0.25, -0.2) is 0 Å². The fourth-order valence-corrected chi connectivity index (χ4v) is 3.80. The number of rotatable bonds is 3. The fraction of sp³-hybridized carbons (Fsp3) is 0.407. The standard InChI is InChI=1S/C27H35N/c1-20-9-8-10-25(19-20)28(23-15-11-21(12-16-23)26(2,3)4)24-17-13-22(14-18-24)27(5,6)7/h8-13,15-17,19H,14,18H2,1-7H3. The molecule has 2 aromatic carbocycles. The Labute approximate surface area is 171 Å². The third-order valence-electron chi connectivity index (χ3n) is 5.63. The van der Waals surface area contributed by atoms with Crippen LogP contribution in [-0.2, 0) is 5.41 Å². The molecule has 0 saturated heterocycles. The Morgan fingerprint density at radius 1 is 0.714 bits per heavy atom. The summed E-state index contributed by atoms with van der Waals surface area (Å²) in [4.78, 5) is 2.43. The number of nitrogens with zero attached hydrogens (tertiary/aromatic N) is 1. The molecule has 0 bridgehead atoms. The van der Waals surface area contributed by atoms with Crippen LogP contribution in [0.25, 0.3) is 0 Å². The first-order chi connectivity index (χ1) is 13.1. The van der Waals surface area contributed by atoms with Gasteiger partial charge in [-0.2, -0.15) is 0 Å². The lowest BCUT2D eigenvalue weighted by molar-refractivity contribution is 0.479. The van der Waals surface area contributed by atoms with Gasteiger partial charge in [0.1, 0.15) is 0 Å². The Hall–Kier alpha value is -2.28. The van der Waals surface area contributed by atoms with E-state index in [1.165, 1.54) is 33.8 Å². The summed E-state index contributed by atoms with van der Waals surface area (Å²) < 4.78 is 0. The Bertz CT molecular complexity index is 883. The van der Waals surface area contributed by atoms with Crippen LogP contribution in [0.4, 0.5) is 11.4 Å². The van der Waals surface area contributed by atoms with Crippen molar-refractivity contribution in [2.24, 2.45) is 5.41 Å². The predicted molar refractivity (Wildman–Crippen MR) is 123 cm³/mol. The van der Waals surface area contributed by atoms with E-state index in [0.29, 0.717) is 0 Å². The molecule has 0 fully saturated rings. The highest BCUT2D eigenvalue weighted by atomic mass is 15.1. The molecule has 0 aromatic heterocycles. The van der Waals surface area contributed by atoms with Crippen molar-refractivity contribution in [3.63, 3.8) is 0 Å². The van der Waals surface area contributed by atoms with Gasteiger partial charge in [0.15, 0.2) is 0 Å². The molecular formula is C27H35N. The van der Waals surface area contributed by atoms with E-state index in [1.807, 2.05) is 0 Å². The van der Waals surface area contributed by atoms with Gasteiger partial charge in [-0.1, -0.05) is 77.5 Å². The zero-order valence-corrected chi connectivity index (χ0v) is 18.6. The van der Waals surface area contributed by atoms with Crippen LogP contribution in [-0.4, -0.2) is 0 Å². The van der Waals surface area contributed by atoms with Gasteiger partial charge >= 0.3 is 0 Å². The minimum absolute atomic E-state index is 0.168. The van der Waals surface area contributed by atoms with Crippen molar-refractivity contribution in [2.75, 3.05) is 4.90 Å². The van der Waals surface area contributed by atoms with E-state index in [0.717, 1.165) is 12.8 Å². The third-order valence-corrected chi connectivity index (χ3v) is 5.63. The minimum Gasteiger partial charge on any atom is -0.314 e. The second-order valence-electron chi connectivity index (χ2n) is 10.1. The van der Waals surface area contributed by atoms with E-state index in [-0.39, 0.29) is 10.8 Å². The largest absolute Gasteiger partial charge is 0.314 e. The second-order valence-corrected chi connectivity index (χ2v) is 10.1. The molecule has 1 aliphatic rings. The van der Waals surface area contributed by atoms with Gasteiger partial charge in [-0.15, -0.1) is 0 Å². The second kappa shape index (κ2) is 7.62. The number of anilines is 2. The lowest BCUT2D eigenvalue weighted by Gasteiger charge is -2.33. The summed E-state index contributed by atoms with van der Waals surface area (Å²) in [5.41, 5.74) is 8.43. The Kier molecular flexibility index (Phi) is 5.57. The van der Waals surface area contributed by atoms with Gasteiger partial charge in [-0.05, 0) is 72.1 Å². The molecule has 0 aliphatic heterocycles. The number of hydrogen-bond donors (Lipinski definition) is 0. The van der Waals surface area contributed by atoms with E-state index in [2.05, 4.69) is 114 Å². The lowest BCUT2D eigenvalue weighted by atomic mass is 9.81. The maximum atomic E-state index is 2.43. The van der Waals surface area contributed by atoms with E-state index in [1.54, 1.807) is 0 Å². The molecule has 3 rings (SSSR count). The first kappa shape index (κ1) is 20.5. The average molecular weight is 374 g/mol. The highest BCUT2D eigenvalue weighted by Crippen LogP contribution is 2.38. The smallest absolute Gasteiger partial charge is 0.0461 e. The van der Waals surface area contributed by atoms with Crippen LogP contribution >= 0.6 is 0 Å². The van der Waals surface area contributed by atoms with Gasteiger partial charge in [0.05, 0.1) is 0 Å². The predicted octanol–water partition coefficient (Wildman–Crippen LogP) is 8.08. The van der Waals surface area contributed by atoms with Crippen molar-refractivity contribution in [3.8, 4) is 0 Å². The topological polar surface area (TPSA) is 3.24 Å². The fourth-order valence-electron chi connectivity index (χ4n) is 3.80. The molecule has 2 aromatic rings. The third kappa shape index (κ3) is 4.58. The molecule has 0 unspecified atom stereocenters. The van der Waals surface area contributed by atoms with Crippen LogP contribution in [0.2, 0.25) is 0 Å². The van der Waals surface area contributed by atoms with E-state index < -0.39 is 0 Å². The summed E-state index contributed by atoms with van der Waals surface area (Å²) in [6, 6.07) is 17.9. The summed E-state index contributed by atoms with van der Waals surface area (Å²) in [5.74, 6) is 0. The van der Waals surface area contributed by atoms with Crippen molar-refractivity contribution in [1.29, 1.82) is 0 Å². The van der Waals surface area contributed by atoms with Crippen LogP contribution in [0, 0.1) is 12.3 Å². The molecule has 0 N–H and O–H groups in total. The van der Waals surface area contributed by atoms with Gasteiger partial charge in [-0.3, -0.25) is 0 Å². The molecule has 1 nitrogen and oxygen atoms in total. The van der Waals surface area contributed by atoms with Crippen molar-refractivity contribution < 1.29 is 0 Å². The first-order valence-corrected chi connectivity index (χ1v) is 10.4. The minimum atomic E-state index is 0.168. The summed E-state index contributed by atoms with van der Waals surface area (Å²) >= 11 is 0. The highest BCUT2D eigenvalue weighted by Gasteiger charge is 2.23. The van der Waals surface area contributed by atoms with Crippen molar-refractivity contribution >= 4 is 11.4 Å². The molecule has 0 heterocycles. The van der Waals surface area contributed by atoms with E-state index >= 15 is 0 Å². The summed E-state index contributed by atoms with van der Waals surface area (Å²) in [6.07, 6.45) is 6.85. The van der Waals surface area contributed by atoms with Crippen molar-refractivity contribution in [3.05, 3.63) is 83.1 Å². The van der Waals surface area contributed by atoms with Gasteiger partial charge < -0.3 is 4.90 Å². The van der Waals surface area contributed by atoms with Crippen LogP contribution in [0.5, 0.6) is 0 Å². The number of allylic oxidation sites excluding steroid dienone is 4. The Morgan fingerprint density at radius 3 is 1.89 bits per heavy atom. The first-order valence-electron chi connectivity index (χ1n) is 10.4. The highest BCUT2D eigenvalue weighted by molar-refractivity contribution is 5.69. The number of benzene rings is 2. The molecule has 0 amide bonds. The van der Waals surface area contributed by atoms with Crippen LogP contribution in [0.3, 0.4) is 0 Å². The summed E-state index contributed by atoms with van der Waals surface area (Å²) in [6.45, 7) is 15.9. The number of hydrogen-bond acceptors (Lipinski definition) is 1. The molecule has 1 heteroatoms. The zero-order chi connectivity index (χ0) is 20.5. The van der Waals surface area contributed by atoms with Crippen LogP contribution < -0.4 is 4.90 Å². The Morgan fingerprint density at radius 2 is 1.39 bits per heavy atom. The average Bonchev–Trinajstić information content (AvgIpc) is 2.61. The lowest BCUT2D eigenvalue weighted by Crippen LogP contribution is -2.20. The van der Waals surface area contributed by atoms with E-state index in [9.17, 15) is 0 Å². The normalized spacial score (nSPS) is 15.1. The molecule has 28 heavy (non-hydrogen) atoms. The Balaban J connectivity index is 2.05. The van der Waals surface area contributed by atoms with Gasteiger partial charge in [0, 0.05) is 17.1 Å². The van der Waals surface area contributed by atoms with Gasteiger partial charge in [0.25, 0.3) is 0 Å². The van der Waals surface area contributed by atoms with Crippen LogP contribution in [0.15, 0.2) is 72.0 Å². The quantitative estimate of drug-likeness (QED) is 0.525. The summed E-state index contributed by atoms with van der Waals surface area (Å²) in [7, 11) is 0. The molecule has 0 spiro atoms. The number of aryl methyl sites for hydroxylation is 1. The molecule has 1 aliphatic carbocycles. The maximum Gasteiger partial charge on any atom is 0.0461 e. The molecule has 148 valence electrons. The van der Waals surface area contributed by atoms with Gasteiger partial charge in [0.2, 0.25) is 0 Å². The molecular weight excluding hydrogens is 338 g/mol. The van der Waals surface area contributed by atoms with Crippen molar-refractivity contribution in [1.82, 2.24) is 0 Å². The monoisotopic (exact) mass is 373 g/mol. The SMILES string of the molecule is Cc1cccc(N(C2=CC=C(C(C)(C)C)CC2)c2ccc(C(C)(C)C)cc2)c1.